The molecule has 0 fully saturated rings. The van der Waals surface area contributed by atoms with Crippen molar-refractivity contribution in [3.63, 3.8) is 0 Å². The SMILES string of the molecule is CCn1nnnc1COc1cccc(C(=O)NCC(=O)OC)c1. The van der Waals surface area contributed by atoms with Gasteiger partial charge in [-0.2, -0.15) is 0 Å². The number of esters is 1. The van der Waals surface area contributed by atoms with Gasteiger partial charge >= 0.3 is 5.97 Å². The Bertz CT molecular complexity index is 685. The first-order valence-electron chi connectivity index (χ1n) is 6.97. The van der Waals surface area contributed by atoms with Crippen LogP contribution >= 0.6 is 0 Å². The highest BCUT2D eigenvalue weighted by atomic mass is 16.5. The third-order valence-electron chi connectivity index (χ3n) is 2.99. The number of nitrogens with zero attached hydrogens (tertiary/aromatic N) is 4. The molecule has 0 radical (unpaired) electrons. The first-order chi connectivity index (χ1) is 11.1. The maximum absolute atomic E-state index is 11.9. The molecule has 122 valence electrons. The van der Waals surface area contributed by atoms with Crippen LogP contribution in [0.25, 0.3) is 0 Å². The third-order valence-corrected chi connectivity index (χ3v) is 2.99. The standard InChI is InChI=1S/C14H17N5O4/c1-3-19-12(16-17-18-19)9-23-11-6-4-5-10(7-11)14(21)15-8-13(20)22-2/h4-7H,3,8-9H2,1-2H3,(H,15,21). The van der Waals surface area contributed by atoms with Gasteiger partial charge < -0.3 is 14.8 Å². The molecule has 1 aromatic carbocycles. The number of hydrogen-bond donors (Lipinski definition) is 1. The number of hydrogen-bond acceptors (Lipinski definition) is 7. The summed E-state index contributed by atoms with van der Waals surface area (Å²) < 4.78 is 11.7. The second-order valence-corrected chi connectivity index (χ2v) is 4.49. The fraction of sp³-hybridized carbons (Fsp3) is 0.357. The highest BCUT2D eigenvalue weighted by molar-refractivity contribution is 5.96. The predicted octanol–water partition coefficient (Wildman–Crippen LogP) is 0.175. The third kappa shape index (κ3) is 4.50. The van der Waals surface area contributed by atoms with Gasteiger partial charge in [0.1, 0.15) is 18.9 Å². The van der Waals surface area contributed by atoms with Gasteiger partial charge in [-0.05, 0) is 35.5 Å². The average molecular weight is 319 g/mol. The molecule has 1 amide bonds. The van der Waals surface area contributed by atoms with Gasteiger partial charge in [-0.25, -0.2) is 4.68 Å². The molecule has 2 aromatic rings. The molecule has 0 aliphatic heterocycles. The van der Waals surface area contributed by atoms with Crippen LogP contribution in [0, 0.1) is 0 Å². The van der Waals surface area contributed by atoms with Gasteiger partial charge in [0.15, 0.2) is 5.82 Å². The van der Waals surface area contributed by atoms with Gasteiger partial charge in [0, 0.05) is 12.1 Å². The number of methoxy groups -OCH3 is 1. The molecule has 23 heavy (non-hydrogen) atoms. The molecule has 1 heterocycles. The number of carbonyl (C=O) groups is 2. The Morgan fingerprint density at radius 2 is 2.17 bits per heavy atom. The molecule has 0 saturated heterocycles. The van der Waals surface area contributed by atoms with E-state index in [0.29, 0.717) is 23.7 Å². The van der Waals surface area contributed by atoms with Crippen LogP contribution in [0.1, 0.15) is 23.1 Å². The lowest BCUT2D eigenvalue weighted by molar-refractivity contribution is -0.139. The molecule has 0 spiro atoms. The van der Waals surface area contributed by atoms with Gasteiger partial charge in [-0.1, -0.05) is 6.07 Å². The number of carbonyl (C=O) groups excluding carboxylic acids is 2. The van der Waals surface area contributed by atoms with Crippen LogP contribution in [-0.4, -0.2) is 45.7 Å². The van der Waals surface area contributed by atoms with Crippen molar-refractivity contribution in [2.45, 2.75) is 20.1 Å². The topological polar surface area (TPSA) is 108 Å². The van der Waals surface area contributed by atoms with E-state index in [2.05, 4.69) is 25.6 Å². The highest BCUT2D eigenvalue weighted by Gasteiger charge is 2.10. The van der Waals surface area contributed by atoms with Crippen LogP contribution < -0.4 is 10.1 Å². The summed E-state index contributed by atoms with van der Waals surface area (Å²) in [7, 11) is 1.26. The van der Waals surface area contributed by atoms with Crippen molar-refractivity contribution in [2.24, 2.45) is 0 Å². The lowest BCUT2D eigenvalue weighted by Gasteiger charge is -2.08. The van der Waals surface area contributed by atoms with E-state index in [9.17, 15) is 9.59 Å². The second-order valence-electron chi connectivity index (χ2n) is 4.49. The molecule has 2 rings (SSSR count). The monoisotopic (exact) mass is 319 g/mol. The number of benzene rings is 1. The summed E-state index contributed by atoms with van der Waals surface area (Å²) in [6.45, 7) is 2.56. The largest absolute Gasteiger partial charge is 0.486 e. The van der Waals surface area contributed by atoms with E-state index in [4.69, 9.17) is 4.74 Å². The predicted molar refractivity (Wildman–Crippen MR) is 78.6 cm³/mol. The molecule has 0 aliphatic carbocycles. The summed E-state index contributed by atoms with van der Waals surface area (Å²) in [5.41, 5.74) is 0.376. The molecule has 0 atom stereocenters. The number of rotatable bonds is 7. The first-order valence-corrected chi connectivity index (χ1v) is 6.97. The number of aryl methyl sites for hydroxylation is 1. The molecular weight excluding hydrogens is 302 g/mol. The van der Waals surface area contributed by atoms with Crippen LogP contribution in [-0.2, 0) is 22.7 Å². The zero-order chi connectivity index (χ0) is 16.7. The fourth-order valence-corrected chi connectivity index (χ4v) is 1.77. The maximum Gasteiger partial charge on any atom is 0.325 e. The Morgan fingerprint density at radius 1 is 1.35 bits per heavy atom. The van der Waals surface area contributed by atoms with Crippen molar-refractivity contribution in [3.05, 3.63) is 35.7 Å². The number of tetrazole rings is 1. The summed E-state index contributed by atoms with van der Waals surface area (Å²) in [6.07, 6.45) is 0. The van der Waals surface area contributed by atoms with Crippen LogP contribution in [0.4, 0.5) is 0 Å². The number of ether oxygens (including phenoxy) is 2. The van der Waals surface area contributed by atoms with Crippen molar-refractivity contribution >= 4 is 11.9 Å². The second kappa shape index (κ2) is 7.87. The molecular formula is C14H17N5O4. The number of nitrogens with one attached hydrogen (secondary N) is 1. The van der Waals surface area contributed by atoms with Crippen LogP contribution in [0.5, 0.6) is 5.75 Å². The Kier molecular flexibility index (Phi) is 5.61. The Labute approximate surface area is 132 Å². The van der Waals surface area contributed by atoms with Gasteiger partial charge in [-0.3, -0.25) is 9.59 Å². The molecule has 1 aromatic heterocycles. The molecule has 0 bridgehead atoms. The maximum atomic E-state index is 11.9. The molecule has 0 unspecified atom stereocenters. The normalized spacial score (nSPS) is 10.2. The van der Waals surface area contributed by atoms with E-state index >= 15 is 0 Å². The van der Waals surface area contributed by atoms with E-state index in [1.54, 1.807) is 28.9 Å². The van der Waals surface area contributed by atoms with Crippen molar-refractivity contribution in [3.8, 4) is 5.75 Å². The van der Waals surface area contributed by atoms with E-state index in [1.165, 1.54) is 7.11 Å². The van der Waals surface area contributed by atoms with Crippen molar-refractivity contribution < 1.29 is 19.1 Å². The van der Waals surface area contributed by atoms with Gasteiger partial charge in [0.25, 0.3) is 5.91 Å². The number of aromatic nitrogens is 4. The summed E-state index contributed by atoms with van der Waals surface area (Å²) in [5.74, 6) is 0.186. The molecule has 1 N–H and O–H groups in total. The minimum atomic E-state index is -0.517. The Balaban J connectivity index is 1.96. The van der Waals surface area contributed by atoms with Crippen LogP contribution in [0.3, 0.4) is 0 Å². The van der Waals surface area contributed by atoms with Crippen LogP contribution in [0.2, 0.25) is 0 Å². The van der Waals surface area contributed by atoms with Crippen molar-refractivity contribution in [1.29, 1.82) is 0 Å². The first kappa shape index (κ1) is 16.4. The van der Waals surface area contributed by atoms with Crippen molar-refractivity contribution in [1.82, 2.24) is 25.5 Å². The quantitative estimate of drug-likeness (QED) is 0.725. The Hall–Kier alpha value is -2.97. The summed E-state index contributed by atoms with van der Waals surface area (Å²) in [6, 6.07) is 6.60. The summed E-state index contributed by atoms with van der Waals surface area (Å²) in [5, 5.41) is 13.7. The molecule has 9 nitrogen and oxygen atoms in total. The number of amides is 1. The zero-order valence-corrected chi connectivity index (χ0v) is 12.9. The van der Waals surface area contributed by atoms with E-state index < -0.39 is 5.97 Å². The van der Waals surface area contributed by atoms with Crippen molar-refractivity contribution in [2.75, 3.05) is 13.7 Å². The van der Waals surface area contributed by atoms with Gasteiger partial charge in [0.2, 0.25) is 0 Å². The van der Waals surface area contributed by atoms with Crippen LogP contribution in [0.15, 0.2) is 24.3 Å². The smallest absolute Gasteiger partial charge is 0.325 e. The average Bonchev–Trinajstić information content (AvgIpc) is 3.05. The molecule has 0 aliphatic rings. The van der Waals surface area contributed by atoms with Gasteiger partial charge in [0.05, 0.1) is 7.11 Å². The summed E-state index contributed by atoms with van der Waals surface area (Å²) in [4.78, 5) is 23.0. The Morgan fingerprint density at radius 3 is 2.91 bits per heavy atom. The van der Waals surface area contributed by atoms with Gasteiger partial charge in [-0.15, -0.1) is 5.10 Å². The molecule has 9 heteroatoms. The van der Waals surface area contributed by atoms with E-state index in [0.717, 1.165) is 0 Å². The highest BCUT2D eigenvalue weighted by Crippen LogP contribution is 2.14. The van der Waals surface area contributed by atoms with E-state index in [1.807, 2.05) is 6.92 Å². The fourth-order valence-electron chi connectivity index (χ4n) is 1.77. The minimum absolute atomic E-state index is 0.189. The minimum Gasteiger partial charge on any atom is -0.486 e. The lowest BCUT2D eigenvalue weighted by atomic mass is 10.2. The summed E-state index contributed by atoms with van der Waals surface area (Å²) >= 11 is 0. The zero-order valence-electron chi connectivity index (χ0n) is 12.9. The lowest BCUT2D eigenvalue weighted by Crippen LogP contribution is -2.30. The molecule has 0 saturated carbocycles. The van der Waals surface area contributed by atoms with E-state index in [-0.39, 0.29) is 19.1 Å².